The molecule has 116 valence electrons. The monoisotopic (exact) mass is 293 g/mol. The largest absolute Gasteiger partial charge is 0.497 e. The first-order valence-electron chi connectivity index (χ1n) is 7.11. The molecule has 0 fully saturated rings. The van der Waals surface area contributed by atoms with E-state index in [1.165, 1.54) is 5.57 Å². The number of benzene rings is 1. The zero-order valence-electron chi connectivity index (χ0n) is 12.6. The van der Waals surface area contributed by atoms with Gasteiger partial charge in [-0.05, 0) is 30.2 Å². The molecule has 0 aliphatic carbocycles. The summed E-state index contributed by atoms with van der Waals surface area (Å²) in [7, 11) is 3.20. The van der Waals surface area contributed by atoms with Gasteiger partial charge in [0.05, 0.1) is 33.5 Å². The van der Waals surface area contributed by atoms with Crippen LogP contribution in [0.4, 0.5) is 0 Å². The van der Waals surface area contributed by atoms with Crippen LogP contribution in [0.15, 0.2) is 29.8 Å². The molecule has 5 nitrogen and oxygen atoms in total. The van der Waals surface area contributed by atoms with Crippen LogP contribution in [0.2, 0.25) is 0 Å². The third-order valence-electron chi connectivity index (χ3n) is 3.47. The van der Waals surface area contributed by atoms with Crippen molar-refractivity contribution in [2.75, 3.05) is 40.5 Å². The Morgan fingerprint density at radius 1 is 1.33 bits per heavy atom. The van der Waals surface area contributed by atoms with Gasteiger partial charge in [-0.1, -0.05) is 6.08 Å². The van der Waals surface area contributed by atoms with Gasteiger partial charge in [-0.15, -0.1) is 0 Å². The van der Waals surface area contributed by atoms with Crippen molar-refractivity contribution in [3.8, 4) is 11.5 Å². The maximum absolute atomic E-state index is 10.3. The molecule has 1 heterocycles. The van der Waals surface area contributed by atoms with E-state index < -0.39 is 6.10 Å². The molecule has 2 rings (SSSR count). The van der Waals surface area contributed by atoms with E-state index in [0.29, 0.717) is 24.7 Å². The lowest BCUT2D eigenvalue weighted by atomic mass is 10.1. The van der Waals surface area contributed by atoms with Crippen LogP contribution in [-0.2, 0) is 4.74 Å². The van der Waals surface area contributed by atoms with Crippen LogP contribution < -0.4 is 14.8 Å². The Bertz CT molecular complexity index is 487. The van der Waals surface area contributed by atoms with Crippen LogP contribution in [0.25, 0.3) is 0 Å². The van der Waals surface area contributed by atoms with E-state index in [-0.39, 0.29) is 0 Å². The zero-order chi connectivity index (χ0) is 15.1. The molecule has 0 bridgehead atoms. The Kier molecular flexibility index (Phi) is 6.04. The zero-order valence-corrected chi connectivity index (χ0v) is 12.6. The van der Waals surface area contributed by atoms with Gasteiger partial charge in [0.25, 0.3) is 0 Å². The highest BCUT2D eigenvalue weighted by atomic mass is 16.5. The van der Waals surface area contributed by atoms with Crippen molar-refractivity contribution in [3.63, 3.8) is 0 Å². The lowest BCUT2D eigenvalue weighted by Gasteiger charge is -2.18. The number of aliphatic hydroxyl groups excluding tert-OH is 1. The fourth-order valence-corrected chi connectivity index (χ4v) is 2.31. The first-order valence-corrected chi connectivity index (χ1v) is 7.11. The van der Waals surface area contributed by atoms with Crippen molar-refractivity contribution < 1.29 is 19.3 Å². The van der Waals surface area contributed by atoms with E-state index in [1.54, 1.807) is 26.4 Å². The van der Waals surface area contributed by atoms with Gasteiger partial charge in [0, 0.05) is 18.7 Å². The molecule has 0 amide bonds. The van der Waals surface area contributed by atoms with Crippen LogP contribution >= 0.6 is 0 Å². The molecule has 0 radical (unpaired) electrons. The van der Waals surface area contributed by atoms with Gasteiger partial charge in [0.15, 0.2) is 0 Å². The molecule has 1 atom stereocenters. The fraction of sp³-hybridized carbons (Fsp3) is 0.500. The minimum Gasteiger partial charge on any atom is -0.497 e. The Morgan fingerprint density at radius 3 is 2.86 bits per heavy atom. The van der Waals surface area contributed by atoms with E-state index in [0.717, 1.165) is 25.1 Å². The Balaban J connectivity index is 1.92. The van der Waals surface area contributed by atoms with E-state index >= 15 is 0 Å². The molecule has 0 saturated carbocycles. The minimum atomic E-state index is -0.653. The maximum Gasteiger partial charge on any atom is 0.124 e. The molecule has 1 aliphatic heterocycles. The van der Waals surface area contributed by atoms with Crippen molar-refractivity contribution in [2.24, 2.45) is 0 Å². The molecule has 1 aliphatic rings. The predicted molar refractivity (Wildman–Crippen MR) is 80.9 cm³/mol. The molecule has 0 spiro atoms. The summed E-state index contributed by atoms with van der Waals surface area (Å²) in [6.07, 6.45) is 2.50. The molecule has 2 N–H and O–H groups in total. The lowest BCUT2D eigenvalue weighted by molar-refractivity contribution is 0.146. The average Bonchev–Trinajstić information content (AvgIpc) is 2.55. The smallest absolute Gasteiger partial charge is 0.124 e. The van der Waals surface area contributed by atoms with Gasteiger partial charge >= 0.3 is 0 Å². The quantitative estimate of drug-likeness (QED) is 0.749. The summed E-state index contributed by atoms with van der Waals surface area (Å²) in [6.45, 7) is 2.64. The van der Waals surface area contributed by atoms with Gasteiger partial charge in [-0.25, -0.2) is 0 Å². The number of hydrogen-bond donors (Lipinski definition) is 2. The van der Waals surface area contributed by atoms with Gasteiger partial charge in [0.1, 0.15) is 11.5 Å². The topological polar surface area (TPSA) is 60.0 Å². The van der Waals surface area contributed by atoms with Crippen LogP contribution in [0.1, 0.15) is 18.1 Å². The second-order valence-electron chi connectivity index (χ2n) is 4.96. The van der Waals surface area contributed by atoms with Crippen LogP contribution in [0, 0.1) is 0 Å². The number of ether oxygens (including phenoxy) is 3. The van der Waals surface area contributed by atoms with E-state index in [2.05, 4.69) is 11.4 Å². The van der Waals surface area contributed by atoms with Gasteiger partial charge < -0.3 is 24.6 Å². The molecule has 1 unspecified atom stereocenters. The second-order valence-corrected chi connectivity index (χ2v) is 4.96. The summed E-state index contributed by atoms with van der Waals surface area (Å²) in [5.41, 5.74) is 1.95. The summed E-state index contributed by atoms with van der Waals surface area (Å²) in [5.74, 6) is 1.36. The SMILES string of the molecule is COc1ccc(OC)c(C(O)CNCC2=CCCOC2)c1. The summed E-state index contributed by atoms with van der Waals surface area (Å²) in [4.78, 5) is 0. The molecule has 1 aromatic carbocycles. The third-order valence-corrected chi connectivity index (χ3v) is 3.47. The molecular weight excluding hydrogens is 270 g/mol. The number of nitrogens with one attached hydrogen (secondary N) is 1. The van der Waals surface area contributed by atoms with E-state index in [1.807, 2.05) is 6.07 Å². The molecule has 21 heavy (non-hydrogen) atoms. The molecule has 1 aromatic rings. The summed E-state index contributed by atoms with van der Waals surface area (Å²) in [6, 6.07) is 5.41. The second kappa shape index (κ2) is 8.02. The highest BCUT2D eigenvalue weighted by molar-refractivity contribution is 5.41. The number of rotatable bonds is 7. The lowest BCUT2D eigenvalue weighted by Crippen LogP contribution is -2.26. The first kappa shape index (κ1) is 15.8. The highest BCUT2D eigenvalue weighted by Crippen LogP contribution is 2.29. The highest BCUT2D eigenvalue weighted by Gasteiger charge is 2.14. The Labute approximate surface area is 125 Å². The Morgan fingerprint density at radius 2 is 2.19 bits per heavy atom. The van der Waals surface area contributed by atoms with Crippen LogP contribution in [-0.4, -0.2) is 45.6 Å². The van der Waals surface area contributed by atoms with Crippen LogP contribution in [0.3, 0.4) is 0 Å². The summed E-state index contributed by atoms with van der Waals surface area (Å²) in [5, 5.41) is 13.6. The molecule has 0 saturated heterocycles. The first-order chi connectivity index (χ1) is 10.2. The van der Waals surface area contributed by atoms with Crippen molar-refractivity contribution >= 4 is 0 Å². The minimum absolute atomic E-state index is 0.445. The Hall–Kier alpha value is -1.56. The van der Waals surface area contributed by atoms with Gasteiger partial charge in [-0.2, -0.15) is 0 Å². The van der Waals surface area contributed by atoms with E-state index in [9.17, 15) is 5.11 Å². The number of hydrogen-bond acceptors (Lipinski definition) is 5. The van der Waals surface area contributed by atoms with Gasteiger partial charge in [-0.3, -0.25) is 0 Å². The number of aliphatic hydroxyl groups is 1. The van der Waals surface area contributed by atoms with Crippen LogP contribution in [0.5, 0.6) is 11.5 Å². The maximum atomic E-state index is 10.3. The standard InChI is InChI=1S/C16H23NO4/c1-19-13-5-6-16(20-2)14(8-13)15(18)10-17-9-12-4-3-7-21-11-12/h4-6,8,15,17-18H,3,7,9-11H2,1-2H3. The van der Waals surface area contributed by atoms with Gasteiger partial charge in [0.2, 0.25) is 0 Å². The summed E-state index contributed by atoms with van der Waals surface area (Å²) >= 11 is 0. The normalized spacial score (nSPS) is 16.2. The third kappa shape index (κ3) is 4.46. The fourth-order valence-electron chi connectivity index (χ4n) is 2.31. The summed E-state index contributed by atoms with van der Waals surface area (Å²) < 4.78 is 15.9. The number of methoxy groups -OCH3 is 2. The van der Waals surface area contributed by atoms with Crippen molar-refractivity contribution in [1.29, 1.82) is 0 Å². The van der Waals surface area contributed by atoms with Crippen molar-refractivity contribution in [1.82, 2.24) is 5.32 Å². The van der Waals surface area contributed by atoms with Crippen molar-refractivity contribution in [2.45, 2.75) is 12.5 Å². The van der Waals surface area contributed by atoms with E-state index in [4.69, 9.17) is 14.2 Å². The predicted octanol–water partition coefficient (Wildman–Crippen LogP) is 1.67. The average molecular weight is 293 g/mol. The molecular formula is C16H23NO4. The molecule has 5 heteroatoms. The van der Waals surface area contributed by atoms with Crippen molar-refractivity contribution in [3.05, 3.63) is 35.4 Å². The molecule has 0 aromatic heterocycles.